The van der Waals surface area contributed by atoms with Crippen molar-refractivity contribution in [1.29, 1.82) is 0 Å². The number of methoxy groups -OCH3 is 1. The van der Waals surface area contributed by atoms with E-state index in [4.69, 9.17) is 15.2 Å². The van der Waals surface area contributed by atoms with Gasteiger partial charge in [0.25, 0.3) is 0 Å². The molecule has 3 rings (SSSR count). The van der Waals surface area contributed by atoms with E-state index in [1.807, 2.05) is 12.1 Å². The van der Waals surface area contributed by atoms with Crippen molar-refractivity contribution in [1.82, 2.24) is 10.2 Å². The van der Waals surface area contributed by atoms with Crippen LogP contribution in [0.2, 0.25) is 0 Å². The molecule has 1 aliphatic heterocycles. The second kappa shape index (κ2) is 9.39. The second-order valence-corrected chi connectivity index (χ2v) is 7.48. The topological polar surface area (TPSA) is 88.8 Å². The molecule has 4 N–H and O–H groups in total. The first-order valence-electron chi connectivity index (χ1n) is 9.95. The fourth-order valence-corrected chi connectivity index (χ4v) is 3.76. The summed E-state index contributed by atoms with van der Waals surface area (Å²) in [6.45, 7) is 5.99. The molecule has 0 unspecified atom stereocenters. The molecule has 7 nitrogen and oxygen atoms in total. The number of ether oxygens (including phenoxy) is 2. The van der Waals surface area contributed by atoms with Gasteiger partial charge in [-0.25, -0.2) is 0 Å². The molecule has 1 aromatic carbocycles. The summed E-state index contributed by atoms with van der Waals surface area (Å²) in [6, 6.07) is 5.48. The third-order valence-corrected chi connectivity index (χ3v) is 5.46. The van der Waals surface area contributed by atoms with Gasteiger partial charge in [0.2, 0.25) is 5.91 Å². The molecule has 1 saturated heterocycles. The summed E-state index contributed by atoms with van der Waals surface area (Å²) in [5.41, 5.74) is 6.16. The highest BCUT2D eigenvalue weighted by Crippen LogP contribution is 2.32. The van der Waals surface area contributed by atoms with Crippen molar-refractivity contribution in [2.75, 3.05) is 51.8 Å². The first-order valence-corrected chi connectivity index (χ1v) is 9.95. The number of piperazine rings is 1. The van der Waals surface area contributed by atoms with E-state index in [-0.39, 0.29) is 5.91 Å². The van der Waals surface area contributed by atoms with Crippen molar-refractivity contribution >= 4 is 11.6 Å². The van der Waals surface area contributed by atoms with Gasteiger partial charge < -0.3 is 30.7 Å². The van der Waals surface area contributed by atoms with Gasteiger partial charge in [0.15, 0.2) is 11.5 Å². The second-order valence-electron chi connectivity index (χ2n) is 7.48. The molecule has 27 heavy (non-hydrogen) atoms. The molecule has 2 aliphatic rings. The first kappa shape index (κ1) is 19.9. The number of benzene rings is 1. The highest BCUT2D eigenvalue weighted by molar-refractivity contribution is 5.98. The van der Waals surface area contributed by atoms with E-state index in [1.54, 1.807) is 13.2 Å². The zero-order chi connectivity index (χ0) is 19.1. The maximum Gasteiger partial charge on any atom is 0.244 e. The maximum absolute atomic E-state index is 12.5. The standard InChI is InChI=1S/C20H32N4O3/c1-26-18-15-16(23-19(25)20(21)7-2-3-8-20)5-6-17(18)27-14-4-11-24-12-9-22-10-13-24/h5-6,15,22H,2-4,7-14,21H2,1H3,(H,23,25). The molecule has 1 aromatic rings. The third kappa shape index (κ3) is 5.34. The van der Waals surface area contributed by atoms with Crippen molar-refractivity contribution in [2.45, 2.75) is 37.6 Å². The van der Waals surface area contributed by atoms with Gasteiger partial charge in [-0.15, -0.1) is 0 Å². The average molecular weight is 377 g/mol. The molecule has 0 spiro atoms. The number of amides is 1. The molecule has 1 heterocycles. The zero-order valence-corrected chi connectivity index (χ0v) is 16.3. The minimum Gasteiger partial charge on any atom is -0.493 e. The Morgan fingerprint density at radius 3 is 2.70 bits per heavy atom. The highest BCUT2D eigenvalue weighted by Gasteiger charge is 2.37. The molecule has 0 radical (unpaired) electrons. The first-order chi connectivity index (χ1) is 13.1. The van der Waals surface area contributed by atoms with Crippen LogP contribution in [0.1, 0.15) is 32.1 Å². The summed E-state index contributed by atoms with van der Waals surface area (Å²) >= 11 is 0. The Labute approximate surface area is 161 Å². The lowest BCUT2D eigenvalue weighted by molar-refractivity contribution is -0.121. The van der Waals surface area contributed by atoms with E-state index in [9.17, 15) is 4.79 Å². The molecule has 0 bridgehead atoms. The number of carbonyl (C=O) groups is 1. The van der Waals surface area contributed by atoms with E-state index >= 15 is 0 Å². The van der Waals surface area contributed by atoms with Crippen LogP contribution in [0, 0.1) is 0 Å². The van der Waals surface area contributed by atoms with Crippen molar-refractivity contribution in [2.24, 2.45) is 5.73 Å². The Kier molecular flexibility index (Phi) is 6.93. The minimum absolute atomic E-state index is 0.119. The number of rotatable bonds is 8. The average Bonchev–Trinajstić information content (AvgIpc) is 3.14. The van der Waals surface area contributed by atoms with Crippen LogP contribution in [0.5, 0.6) is 11.5 Å². The SMILES string of the molecule is COc1cc(NC(=O)C2(N)CCCC2)ccc1OCCCN1CCNCC1. The summed E-state index contributed by atoms with van der Waals surface area (Å²) in [5.74, 6) is 1.19. The predicted molar refractivity (Wildman–Crippen MR) is 106 cm³/mol. The fourth-order valence-electron chi connectivity index (χ4n) is 3.76. The van der Waals surface area contributed by atoms with Gasteiger partial charge in [0.1, 0.15) is 0 Å². The Bertz CT molecular complexity index is 626. The normalized spacial score (nSPS) is 19.6. The van der Waals surface area contributed by atoms with Gasteiger partial charge in [0.05, 0.1) is 19.3 Å². The van der Waals surface area contributed by atoms with Gasteiger partial charge in [0, 0.05) is 44.5 Å². The minimum atomic E-state index is -0.744. The molecule has 0 aromatic heterocycles. The van der Waals surface area contributed by atoms with Gasteiger partial charge in [-0.2, -0.15) is 0 Å². The number of anilines is 1. The summed E-state index contributed by atoms with van der Waals surface area (Å²) in [4.78, 5) is 14.9. The van der Waals surface area contributed by atoms with E-state index in [2.05, 4.69) is 15.5 Å². The number of nitrogens with two attached hydrogens (primary N) is 1. The monoisotopic (exact) mass is 376 g/mol. The lowest BCUT2D eigenvalue weighted by Crippen LogP contribution is -2.48. The van der Waals surface area contributed by atoms with Crippen LogP contribution in [0.15, 0.2) is 18.2 Å². The van der Waals surface area contributed by atoms with Crippen molar-refractivity contribution in [3.05, 3.63) is 18.2 Å². The zero-order valence-electron chi connectivity index (χ0n) is 16.3. The van der Waals surface area contributed by atoms with Crippen LogP contribution >= 0.6 is 0 Å². The van der Waals surface area contributed by atoms with Crippen molar-refractivity contribution in [3.63, 3.8) is 0 Å². The number of hydrogen-bond donors (Lipinski definition) is 3. The molecule has 150 valence electrons. The quantitative estimate of drug-likeness (QED) is 0.597. The molecule has 1 saturated carbocycles. The number of nitrogens with one attached hydrogen (secondary N) is 2. The number of hydrogen-bond acceptors (Lipinski definition) is 6. The molecule has 0 atom stereocenters. The lowest BCUT2D eigenvalue weighted by atomic mass is 9.98. The number of carbonyl (C=O) groups excluding carboxylic acids is 1. The van der Waals surface area contributed by atoms with Gasteiger partial charge in [-0.1, -0.05) is 12.8 Å². The number of nitrogens with zero attached hydrogens (tertiary/aromatic N) is 1. The molecule has 1 aliphatic carbocycles. The third-order valence-electron chi connectivity index (χ3n) is 5.46. The smallest absolute Gasteiger partial charge is 0.244 e. The van der Waals surface area contributed by atoms with Crippen LogP contribution in [0.4, 0.5) is 5.69 Å². The summed E-state index contributed by atoms with van der Waals surface area (Å²) in [5, 5.41) is 6.28. The Morgan fingerprint density at radius 1 is 1.26 bits per heavy atom. The molecule has 2 fully saturated rings. The van der Waals surface area contributed by atoms with Crippen LogP contribution in [0.25, 0.3) is 0 Å². The summed E-state index contributed by atoms with van der Waals surface area (Å²) < 4.78 is 11.3. The van der Waals surface area contributed by atoms with Crippen LogP contribution < -0.4 is 25.8 Å². The molecular weight excluding hydrogens is 344 g/mol. The van der Waals surface area contributed by atoms with Crippen LogP contribution in [-0.2, 0) is 4.79 Å². The molecular formula is C20H32N4O3. The summed E-state index contributed by atoms with van der Waals surface area (Å²) in [6.07, 6.45) is 4.47. The highest BCUT2D eigenvalue weighted by atomic mass is 16.5. The Morgan fingerprint density at radius 2 is 2.00 bits per heavy atom. The van der Waals surface area contributed by atoms with Crippen LogP contribution in [0.3, 0.4) is 0 Å². The predicted octanol–water partition coefficient (Wildman–Crippen LogP) is 1.58. The van der Waals surface area contributed by atoms with E-state index in [0.717, 1.165) is 64.8 Å². The van der Waals surface area contributed by atoms with Crippen molar-refractivity contribution < 1.29 is 14.3 Å². The van der Waals surface area contributed by atoms with E-state index in [1.165, 1.54) is 0 Å². The lowest BCUT2D eigenvalue weighted by Gasteiger charge is -2.27. The Hall–Kier alpha value is -1.83. The van der Waals surface area contributed by atoms with E-state index < -0.39 is 5.54 Å². The summed E-state index contributed by atoms with van der Waals surface area (Å²) in [7, 11) is 1.61. The molecule has 1 amide bonds. The van der Waals surface area contributed by atoms with E-state index in [0.29, 0.717) is 23.8 Å². The molecule has 7 heteroatoms. The van der Waals surface area contributed by atoms with Crippen LogP contribution in [-0.4, -0.2) is 62.8 Å². The Balaban J connectivity index is 1.50. The largest absolute Gasteiger partial charge is 0.493 e. The van der Waals surface area contributed by atoms with Crippen molar-refractivity contribution in [3.8, 4) is 11.5 Å². The maximum atomic E-state index is 12.5. The van der Waals surface area contributed by atoms with Gasteiger partial charge >= 0.3 is 0 Å². The fraction of sp³-hybridized carbons (Fsp3) is 0.650. The van der Waals surface area contributed by atoms with Gasteiger partial charge in [-0.05, 0) is 31.4 Å². The van der Waals surface area contributed by atoms with Gasteiger partial charge in [-0.3, -0.25) is 4.79 Å².